The zero-order valence-electron chi connectivity index (χ0n) is 10.1. The fraction of sp³-hybridized carbons (Fsp3) is 0.467. The van der Waals surface area contributed by atoms with Crippen LogP contribution in [0.15, 0.2) is 30.9 Å². The van der Waals surface area contributed by atoms with Crippen LogP contribution in [0.1, 0.15) is 29.9 Å². The van der Waals surface area contributed by atoms with Gasteiger partial charge in [-0.05, 0) is 49.1 Å². The Morgan fingerprint density at radius 2 is 2.29 bits per heavy atom. The molecule has 1 aliphatic heterocycles. The van der Waals surface area contributed by atoms with E-state index >= 15 is 0 Å². The van der Waals surface area contributed by atoms with Gasteiger partial charge in [0.25, 0.3) is 0 Å². The highest BCUT2D eigenvalue weighted by molar-refractivity contribution is 5.40. The quantitative estimate of drug-likeness (QED) is 0.788. The van der Waals surface area contributed by atoms with E-state index in [1.165, 1.54) is 24.0 Å². The number of hydrogen-bond acceptors (Lipinski definition) is 2. The molecule has 1 saturated heterocycles. The zero-order chi connectivity index (χ0) is 11.8. The first kappa shape index (κ1) is 10.8. The highest BCUT2D eigenvalue weighted by Crippen LogP contribution is 2.42. The zero-order valence-corrected chi connectivity index (χ0v) is 10.1. The van der Waals surface area contributed by atoms with Crippen LogP contribution in [0, 0.1) is 0 Å². The highest BCUT2D eigenvalue weighted by atomic mass is 16.3. The second-order valence-electron chi connectivity index (χ2n) is 5.17. The third kappa shape index (κ3) is 1.77. The Bertz CT molecular complexity index is 441. The molecule has 1 heterocycles. The summed E-state index contributed by atoms with van der Waals surface area (Å²) in [5, 5.41) is 9.65. The number of aromatic hydroxyl groups is 1. The second-order valence-corrected chi connectivity index (χ2v) is 5.17. The predicted octanol–water partition coefficient (Wildman–Crippen LogP) is 2.68. The van der Waals surface area contributed by atoms with Crippen LogP contribution >= 0.6 is 0 Å². The number of nitrogens with zero attached hydrogens (tertiary/aromatic N) is 1. The molecule has 2 aliphatic rings. The van der Waals surface area contributed by atoms with Gasteiger partial charge in [-0.2, -0.15) is 0 Å². The lowest BCUT2D eigenvalue weighted by atomic mass is 9.79. The molecule has 0 unspecified atom stereocenters. The maximum absolute atomic E-state index is 9.65. The van der Waals surface area contributed by atoms with Gasteiger partial charge < -0.3 is 5.11 Å². The average molecular weight is 229 g/mol. The van der Waals surface area contributed by atoms with Crippen molar-refractivity contribution in [2.24, 2.45) is 0 Å². The fourth-order valence-corrected chi connectivity index (χ4v) is 3.52. The molecular weight excluding hydrogens is 210 g/mol. The van der Waals surface area contributed by atoms with Crippen LogP contribution in [0.3, 0.4) is 0 Å². The number of hydrogen-bond donors (Lipinski definition) is 1. The van der Waals surface area contributed by atoms with E-state index in [0.29, 0.717) is 17.7 Å². The molecule has 1 aromatic rings. The topological polar surface area (TPSA) is 23.5 Å². The standard InChI is InChI=1S/C15H19NO/c1-2-8-16-9-7-13-14-10-12(17)5-3-11(14)4-6-15(13)16/h2-3,5,10,13,15,17H,1,4,6-9H2/t13-,15+/m0/s1. The van der Waals surface area contributed by atoms with E-state index in [0.717, 1.165) is 19.5 Å². The molecule has 0 amide bonds. The molecule has 3 rings (SSSR count). The highest BCUT2D eigenvalue weighted by Gasteiger charge is 2.37. The number of fused-ring (bicyclic) bond motifs is 3. The van der Waals surface area contributed by atoms with Crippen molar-refractivity contribution in [2.75, 3.05) is 13.1 Å². The van der Waals surface area contributed by atoms with Crippen LogP contribution in [0.5, 0.6) is 5.75 Å². The fourth-order valence-electron chi connectivity index (χ4n) is 3.52. The number of phenols is 1. The third-order valence-corrected chi connectivity index (χ3v) is 4.26. The van der Waals surface area contributed by atoms with Crippen molar-refractivity contribution in [3.05, 3.63) is 42.0 Å². The molecule has 0 saturated carbocycles. The minimum absolute atomic E-state index is 0.409. The molecular formula is C15H19NO. The van der Waals surface area contributed by atoms with Crippen LogP contribution < -0.4 is 0 Å². The second kappa shape index (κ2) is 4.19. The summed E-state index contributed by atoms with van der Waals surface area (Å²) in [4.78, 5) is 2.53. The van der Waals surface area contributed by atoms with Gasteiger partial charge in [0.1, 0.15) is 5.75 Å². The van der Waals surface area contributed by atoms with E-state index in [2.05, 4.69) is 17.5 Å². The summed E-state index contributed by atoms with van der Waals surface area (Å²) in [5.41, 5.74) is 2.82. The van der Waals surface area contributed by atoms with Gasteiger partial charge in [-0.25, -0.2) is 0 Å². The van der Waals surface area contributed by atoms with Crippen molar-refractivity contribution in [2.45, 2.75) is 31.2 Å². The molecule has 0 radical (unpaired) electrons. The summed E-state index contributed by atoms with van der Waals surface area (Å²) >= 11 is 0. The van der Waals surface area contributed by atoms with Crippen LogP contribution in [0.4, 0.5) is 0 Å². The molecule has 1 fully saturated rings. The van der Waals surface area contributed by atoms with Gasteiger partial charge in [-0.15, -0.1) is 6.58 Å². The van der Waals surface area contributed by atoms with Gasteiger partial charge in [0.2, 0.25) is 0 Å². The molecule has 2 heteroatoms. The predicted molar refractivity (Wildman–Crippen MR) is 69.3 cm³/mol. The summed E-state index contributed by atoms with van der Waals surface area (Å²) in [7, 11) is 0. The van der Waals surface area contributed by atoms with Crippen molar-refractivity contribution in [1.82, 2.24) is 4.90 Å². The molecule has 0 aromatic heterocycles. The Morgan fingerprint density at radius 3 is 3.12 bits per heavy atom. The molecule has 1 aliphatic carbocycles. The summed E-state index contributed by atoms with van der Waals surface area (Å²) in [6.45, 7) is 6.00. The van der Waals surface area contributed by atoms with E-state index in [-0.39, 0.29) is 0 Å². The SMILES string of the molecule is C=CCN1CC[C@H]2c3cc(O)ccc3CC[C@H]21. The van der Waals surface area contributed by atoms with Gasteiger partial charge in [0.15, 0.2) is 0 Å². The molecule has 2 atom stereocenters. The first-order chi connectivity index (χ1) is 8.29. The summed E-state index contributed by atoms with van der Waals surface area (Å²) in [6, 6.07) is 6.54. The first-order valence-electron chi connectivity index (χ1n) is 6.46. The largest absolute Gasteiger partial charge is 0.508 e. The lowest BCUT2D eigenvalue weighted by Gasteiger charge is -2.33. The van der Waals surface area contributed by atoms with E-state index in [9.17, 15) is 5.11 Å². The Labute approximate surface area is 103 Å². The van der Waals surface area contributed by atoms with Crippen LogP contribution in [-0.4, -0.2) is 29.1 Å². The van der Waals surface area contributed by atoms with E-state index in [4.69, 9.17) is 0 Å². The van der Waals surface area contributed by atoms with E-state index < -0.39 is 0 Å². The normalized spacial score (nSPS) is 27.5. The molecule has 2 nitrogen and oxygen atoms in total. The number of phenolic OH excluding ortho intramolecular Hbond substituents is 1. The van der Waals surface area contributed by atoms with Crippen LogP contribution in [-0.2, 0) is 6.42 Å². The maximum Gasteiger partial charge on any atom is 0.115 e. The lowest BCUT2D eigenvalue weighted by Crippen LogP contribution is -2.35. The van der Waals surface area contributed by atoms with Gasteiger partial charge in [0.05, 0.1) is 0 Å². The van der Waals surface area contributed by atoms with E-state index in [1.807, 2.05) is 18.2 Å². The Morgan fingerprint density at radius 1 is 1.41 bits per heavy atom. The molecule has 1 aromatic carbocycles. The summed E-state index contributed by atoms with van der Waals surface area (Å²) in [5.74, 6) is 1.03. The smallest absolute Gasteiger partial charge is 0.115 e. The maximum atomic E-state index is 9.65. The number of rotatable bonds is 2. The third-order valence-electron chi connectivity index (χ3n) is 4.26. The van der Waals surface area contributed by atoms with Crippen molar-refractivity contribution in [1.29, 1.82) is 0 Å². The minimum Gasteiger partial charge on any atom is -0.508 e. The minimum atomic E-state index is 0.409. The number of aryl methyl sites for hydroxylation is 1. The molecule has 0 spiro atoms. The van der Waals surface area contributed by atoms with Gasteiger partial charge in [-0.1, -0.05) is 12.1 Å². The van der Waals surface area contributed by atoms with Crippen molar-refractivity contribution in [3.63, 3.8) is 0 Å². The monoisotopic (exact) mass is 229 g/mol. The van der Waals surface area contributed by atoms with Crippen LogP contribution in [0.2, 0.25) is 0 Å². The average Bonchev–Trinajstić information content (AvgIpc) is 2.73. The summed E-state index contributed by atoms with van der Waals surface area (Å²) in [6.07, 6.45) is 5.61. The number of benzene rings is 1. The van der Waals surface area contributed by atoms with Gasteiger partial charge in [-0.3, -0.25) is 4.90 Å². The lowest BCUT2D eigenvalue weighted by molar-refractivity contribution is 0.249. The van der Waals surface area contributed by atoms with E-state index in [1.54, 1.807) is 0 Å². The Hall–Kier alpha value is -1.28. The molecule has 90 valence electrons. The first-order valence-corrected chi connectivity index (χ1v) is 6.46. The Kier molecular flexibility index (Phi) is 2.67. The van der Waals surface area contributed by atoms with Crippen molar-refractivity contribution >= 4 is 0 Å². The number of likely N-dealkylation sites (tertiary alicyclic amines) is 1. The summed E-state index contributed by atoms with van der Waals surface area (Å²) < 4.78 is 0. The van der Waals surface area contributed by atoms with Gasteiger partial charge in [0, 0.05) is 18.5 Å². The van der Waals surface area contributed by atoms with Crippen molar-refractivity contribution < 1.29 is 5.11 Å². The molecule has 17 heavy (non-hydrogen) atoms. The van der Waals surface area contributed by atoms with Crippen molar-refractivity contribution in [3.8, 4) is 5.75 Å². The molecule has 0 bridgehead atoms. The van der Waals surface area contributed by atoms with Gasteiger partial charge >= 0.3 is 0 Å². The Balaban J connectivity index is 1.92. The molecule has 1 N–H and O–H groups in total. The van der Waals surface area contributed by atoms with Crippen LogP contribution in [0.25, 0.3) is 0 Å².